The average Bonchev–Trinajstić information content (AvgIpc) is 3.04. The summed E-state index contributed by atoms with van der Waals surface area (Å²) in [6.07, 6.45) is 3.72. The number of anilines is 1. The molecule has 7 heteroatoms. The van der Waals surface area contributed by atoms with Gasteiger partial charge in [0.15, 0.2) is 15.2 Å². The van der Waals surface area contributed by atoms with Gasteiger partial charge in [0.2, 0.25) is 0 Å². The number of thiazole rings is 1. The molecule has 0 radical (unpaired) electrons. The first-order valence-corrected chi connectivity index (χ1v) is 7.51. The van der Waals surface area contributed by atoms with E-state index in [1.165, 1.54) is 31.3 Å². The summed E-state index contributed by atoms with van der Waals surface area (Å²) in [4.78, 5) is 16.0. The number of nitrogens with one attached hydrogen (secondary N) is 1. The molecule has 3 rings (SSSR count). The van der Waals surface area contributed by atoms with Crippen molar-refractivity contribution >= 4 is 34.0 Å². The minimum Gasteiger partial charge on any atom is -0.465 e. The Morgan fingerprint density at radius 2 is 2.32 bits per heavy atom. The lowest BCUT2D eigenvalue weighted by Crippen LogP contribution is -2.30. The molecule has 1 aromatic heterocycles. The Bertz CT molecular complexity index is 489. The number of halogens is 1. The lowest BCUT2D eigenvalue weighted by atomic mass is 10.1. The third-order valence-corrected chi connectivity index (χ3v) is 4.84. The molecule has 1 saturated carbocycles. The second kappa shape index (κ2) is 5.26. The normalized spacial score (nSPS) is 26.4. The number of methoxy groups -OCH3 is 1. The van der Waals surface area contributed by atoms with E-state index in [0.29, 0.717) is 15.9 Å². The van der Waals surface area contributed by atoms with E-state index in [9.17, 15) is 4.79 Å². The molecule has 0 amide bonds. The molecule has 19 heavy (non-hydrogen) atoms. The third kappa shape index (κ3) is 2.70. The van der Waals surface area contributed by atoms with Crippen LogP contribution < -0.4 is 5.32 Å². The van der Waals surface area contributed by atoms with Crippen LogP contribution in [-0.2, 0) is 9.47 Å². The molecule has 1 saturated heterocycles. The Hall–Kier alpha value is -0.850. The molecule has 1 aromatic rings. The fourth-order valence-electron chi connectivity index (χ4n) is 2.40. The van der Waals surface area contributed by atoms with Crippen LogP contribution in [-0.4, -0.2) is 36.8 Å². The second-order valence-electron chi connectivity index (χ2n) is 4.84. The van der Waals surface area contributed by atoms with Crippen molar-refractivity contribution in [3.8, 4) is 0 Å². The maximum Gasteiger partial charge on any atom is 0.351 e. The average molecular weight is 303 g/mol. The minimum atomic E-state index is -0.447. The van der Waals surface area contributed by atoms with Gasteiger partial charge in [-0.2, -0.15) is 0 Å². The standard InChI is InChI=1S/C12H15ClN2O3S/c1-17-11(16)9-10(13)15-12(19-9)14-7-4-5-18-8(7)6-2-3-6/h6-8H,2-5H2,1H3,(H,14,15). The van der Waals surface area contributed by atoms with Crippen molar-refractivity contribution in [2.45, 2.75) is 31.4 Å². The van der Waals surface area contributed by atoms with E-state index >= 15 is 0 Å². The van der Waals surface area contributed by atoms with Gasteiger partial charge >= 0.3 is 5.97 Å². The molecule has 0 spiro atoms. The SMILES string of the molecule is COC(=O)c1sc(NC2CCOC2C2CC2)nc1Cl. The van der Waals surface area contributed by atoms with Crippen LogP contribution in [0, 0.1) is 5.92 Å². The number of nitrogens with zero attached hydrogens (tertiary/aromatic N) is 1. The summed E-state index contributed by atoms with van der Waals surface area (Å²) >= 11 is 7.17. The van der Waals surface area contributed by atoms with Gasteiger partial charge in [0.1, 0.15) is 0 Å². The topological polar surface area (TPSA) is 60.5 Å². The summed E-state index contributed by atoms with van der Waals surface area (Å²) < 4.78 is 10.4. The first kappa shape index (κ1) is 13.1. The molecule has 2 atom stereocenters. The maximum absolute atomic E-state index is 11.5. The summed E-state index contributed by atoms with van der Waals surface area (Å²) in [5.41, 5.74) is 0. The van der Waals surface area contributed by atoms with Crippen molar-refractivity contribution in [2.24, 2.45) is 5.92 Å². The Morgan fingerprint density at radius 1 is 1.53 bits per heavy atom. The zero-order valence-electron chi connectivity index (χ0n) is 10.5. The largest absolute Gasteiger partial charge is 0.465 e. The van der Waals surface area contributed by atoms with Crippen molar-refractivity contribution in [1.29, 1.82) is 0 Å². The number of rotatable bonds is 4. The molecule has 1 aliphatic carbocycles. The molecule has 2 aliphatic rings. The summed E-state index contributed by atoms with van der Waals surface area (Å²) in [6.45, 7) is 0.780. The molecule has 0 bridgehead atoms. The lowest BCUT2D eigenvalue weighted by Gasteiger charge is -2.18. The van der Waals surface area contributed by atoms with E-state index in [0.717, 1.165) is 13.0 Å². The number of carbonyl (C=O) groups is 1. The first-order valence-electron chi connectivity index (χ1n) is 6.32. The predicted octanol–water partition coefficient (Wildman–Crippen LogP) is 2.56. The summed E-state index contributed by atoms with van der Waals surface area (Å²) in [5.74, 6) is 0.229. The first-order chi connectivity index (χ1) is 9.19. The number of aromatic nitrogens is 1. The second-order valence-corrected chi connectivity index (χ2v) is 6.20. The summed E-state index contributed by atoms with van der Waals surface area (Å²) in [7, 11) is 1.33. The molecule has 5 nitrogen and oxygen atoms in total. The fraction of sp³-hybridized carbons (Fsp3) is 0.667. The molecule has 2 unspecified atom stereocenters. The molecule has 2 fully saturated rings. The van der Waals surface area contributed by atoms with Crippen LogP contribution in [0.25, 0.3) is 0 Å². The Balaban J connectivity index is 1.71. The van der Waals surface area contributed by atoms with Gasteiger partial charge in [-0.05, 0) is 25.2 Å². The molecule has 1 N–H and O–H groups in total. The Labute approximate surface area is 120 Å². The van der Waals surface area contributed by atoms with Crippen LogP contribution >= 0.6 is 22.9 Å². The summed E-state index contributed by atoms with van der Waals surface area (Å²) in [6, 6.07) is 0.264. The smallest absolute Gasteiger partial charge is 0.351 e. The van der Waals surface area contributed by atoms with E-state index in [1.54, 1.807) is 0 Å². The van der Waals surface area contributed by atoms with E-state index in [2.05, 4.69) is 15.0 Å². The van der Waals surface area contributed by atoms with Crippen molar-refractivity contribution in [2.75, 3.05) is 19.0 Å². The molecule has 104 valence electrons. The van der Waals surface area contributed by atoms with Gasteiger partial charge in [0, 0.05) is 6.61 Å². The highest BCUT2D eigenvalue weighted by molar-refractivity contribution is 7.18. The van der Waals surface area contributed by atoms with Crippen molar-refractivity contribution in [1.82, 2.24) is 4.98 Å². The lowest BCUT2D eigenvalue weighted by molar-refractivity contribution is 0.0606. The number of ether oxygens (including phenoxy) is 2. The van der Waals surface area contributed by atoms with Crippen molar-refractivity contribution < 1.29 is 14.3 Å². The molecular formula is C12H15ClN2O3S. The summed E-state index contributed by atoms with van der Waals surface area (Å²) in [5, 5.41) is 4.20. The molecule has 2 heterocycles. The van der Waals surface area contributed by atoms with Crippen molar-refractivity contribution in [3.63, 3.8) is 0 Å². The zero-order chi connectivity index (χ0) is 13.4. The van der Waals surface area contributed by atoms with Gasteiger partial charge in [-0.15, -0.1) is 0 Å². The van der Waals surface area contributed by atoms with Gasteiger partial charge in [0.25, 0.3) is 0 Å². The van der Waals surface area contributed by atoms with Gasteiger partial charge in [0.05, 0.1) is 19.3 Å². The molecular weight excluding hydrogens is 288 g/mol. The van der Waals surface area contributed by atoms with Gasteiger partial charge < -0.3 is 14.8 Å². The number of hydrogen-bond donors (Lipinski definition) is 1. The number of carbonyl (C=O) groups excluding carboxylic acids is 1. The molecule has 0 aromatic carbocycles. The van der Waals surface area contributed by atoms with Crippen LogP contribution in [0.5, 0.6) is 0 Å². The fourth-order valence-corrected chi connectivity index (χ4v) is 3.56. The zero-order valence-corrected chi connectivity index (χ0v) is 12.1. The van der Waals surface area contributed by atoms with Crippen LogP contribution in [0.1, 0.15) is 28.9 Å². The van der Waals surface area contributed by atoms with Gasteiger partial charge in [-0.25, -0.2) is 9.78 Å². The Kier molecular flexibility index (Phi) is 3.64. The highest BCUT2D eigenvalue weighted by Crippen LogP contribution is 2.40. The van der Waals surface area contributed by atoms with E-state index in [1.807, 2.05) is 0 Å². The van der Waals surface area contributed by atoms with E-state index in [-0.39, 0.29) is 17.3 Å². The third-order valence-electron chi connectivity index (χ3n) is 3.49. The van der Waals surface area contributed by atoms with Crippen molar-refractivity contribution in [3.05, 3.63) is 10.0 Å². The predicted molar refractivity (Wildman–Crippen MR) is 73.0 cm³/mol. The highest BCUT2D eigenvalue weighted by atomic mass is 35.5. The quantitative estimate of drug-likeness (QED) is 0.866. The van der Waals surface area contributed by atoms with Crippen LogP contribution in [0.15, 0.2) is 0 Å². The number of hydrogen-bond acceptors (Lipinski definition) is 6. The maximum atomic E-state index is 11.5. The van der Waals surface area contributed by atoms with Crippen LogP contribution in [0.2, 0.25) is 5.15 Å². The number of esters is 1. The van der Waals surface area contributed by atoms with Crippen LogP contribution in [0.3, 0.4) is 0 Å². The molecule has 1 aliphatic heterocycles. The van der Waals surface area contributed by atoms with E-state index < -0.39 is 5.97 Å². The highest BCUT2D eigenvalue weighted by Gasteiger charge is 2.41. The van der Waals surface area contributed by atoms with E-state index in [4.69, 9.17) is 16.3 Å². The van der Waals surface area contributed by atoms with Gasteiger partial charge in [-0.1, -0.05) is 22.9 Å². The van der Waals surface area contributed by atoms with Gasteiger partial charge in [-0.3, -0.25) is 0 Å². The Morgan fingerprint density at radius 3 is 3.00 bits per heavy atom. The van der Waals surface area contributed by atoms with Crippen LogP contribution in [0.4, 0.5) is 5.13 Å². The minimum absolute atomic E-state index is 0.196. The monoisotopic (exact) mass is 302 g/mol.